The van der Waals surface area contributed by atoms with Crippen LogP contribution in [0.1, 0.15) is 62.4 Å². The summed E-state index contributed by atoms with van der Waals surface area (Å²) in [6.45, 7) is 9.55. The largest absolute Gasteiger partial charge is 0.352 e. The van der Waals surface area contributed by atoms with E-state index in [1.807, 2.05) is 24.3 Å². The van der Waals surface area contributed by atoms with E-state index >= 15 is 0 Å². The number of rotatable bonds is 8. The molecule has 1 N–H and O–H groups in total. The molecule has 2 rings (SSSR count). The highest BCUT2D eigenvalue weighted by Crippen LogP contribution is 2.35. The van der Waals surface area contributed by atoms with Crippen LogP contribution < -0.4 is 5.32 Å². The van der Waals surface area contributed by atoms with Crippen molar-refractivity contribution in [2.75, 3.05) is 6.54 Å². The van der Waals surface area contributed by atoms with Crippen LogP contribution in [0.2, 0.25) is 0 Å². The predicted molar refractivity (Wildman–Crippen MR) is 108 cm³/mol. The molecule has 134 valence electrons. The van der Waals surface area contributed by atoms with Crippen LogP contribution in [0.25, 0.3) is 0 Å². The quantitative estimate of drug-likeness (QED) is 0.577. The van der Waals surface area contributed by atoms with Gasteiger partial charge < -0.3 is 5.32 Å². The third-order valence-corrected chi connectivity index (χ3v) is 5.30. The number of amides is 1. The van der Waals surface area contributed by atoms with Gasteiger partial charge in [0, 0.05) is 16.3 Å². The lowest BCUT2D eigenvalue weighted by Gasteiger charge is -2.14. The zero-order chi connectivity index (χ0) is 18.2. The van der Waals surface area contributed by atoms with Crippen LogP contribution >= 0.6 is 11.8 Å². The highest BCUT2D eigenvalue weighted by Gasteiger charge is 2.14. The maximum absolute atomic E-state index is 12.6. The van der Waals surface area contributed by atoms with Crippen molar-refractivity contribution < 1.29 is 4.79 Å². The summed E-state index contributed by atoms with van der Waals surface area (Å²) in [6, 6.07) is 16.3. The summed E-state index contributed by atoms with van der Waals surface area (Å²) in [5.41, 5.74) is 2.08. The summed E-state index contributed by atoms with van der Waals surface area (Å²) in [5.74, 6) is 1.15. The summed E-state index contributed by atoms with van der Waals surface area (Å²) in [4.78, 5) is 14.8. The molecule has 2 aromatic carbocycles. The van der Waals surface area contributed by atoms with Gasteiger partial charge in [-0.2, -0.15) is 0 Å². The van der Waals surface area contributed by atoms with E-state index in [0.717, 1.165) is 29.8 Å². The fraction of sp³-hybridized carbons (Fsp3) is 0.409. The van der Waals surface area contributed by atoms with Gasteiger partial charge in [-0.1, -0.05) is 69.8 Å². The molecule has 0 saturated heterocycles. The first-order valence-corrected chi connectivity index (χ1v) is 9.94. The van der Waals surface area contributed by atoms with Gasteiger partial charge in [0.1, 0.15) is 0 Å². The predicted octanol–water partition coefficient (Wildman–Crippen LogP) is 6.13. The van der Waals surface area contributed by atoms with Crippen LogP contribution in [-0.2, 0) is 0 Å². The molecule has 3 heteroatoms. The van der Waals surface area contributed by atoms with E-state index < -0.39 is 0 Å². The first-order valence-electron chi connectivity index (χ1n) is 9.13. The van der Waals surface area contributed by atoms with E-state index in [0.29, 0.717) is 11.8 Å². The number of hydrogen-bond acceptors (Lipinski definition) is 2. The molecule has 0 bridgehead atoms. The summed E-state index contributed by atoms with van der Waals surface area (Å²) in [5, 5.41) is 3.07. The lowest BCUT2D eigenvalue weighted by molar-refractivity contribution is 0.0949. The Morgan fingerprint density at radius 1 is 0.960 bits per heavy atom. The second kappa shape index (κ2) is 9.67. The van der Waals surface area contributed by atoms with Gasteiger partial charge in [-0.3, -0.25) is 4.79 Å². The maximum atomic E-state index is 12.6. The minimum Gasteiger partial charge on any atom is -0.352 e. The highest BCUT2D eigenvalue weighted by molar-refractivity contribution is 7.99. The molecular formula is C22H29NOS. The van der Waals surface area contributed by atoms with Crippen molar-refractivity contribution in [3.63, 3.8) is 0 Å². The van der Waals surface area contributed by atoms with Crippen molar-refractivity contribution >= 4 is 17.7 Å². The molecule has 2 nitrogen and oxygen atoms in total. The molecule has 0 aliphatic carbocycles. The van der Waals surface area contributed by atoms with Gasteiger partial charge in [0.05, 0.1) is 5.56 Å². The third-order valence-electron chi connectivity index (χ3n) is 4.14. The van der Waals surface area contributed by atoms with Crippen LogP contribution in [-0.4, -0.2) is 12.5 Å². The van der Waals surface area contributed by atoms with E-state index in [9.17, 15) is 4.79 Å². The average Bonchev–Trinajstić information content (AvgIpc) is 2.59. The van der Waals surface area contributed by atoms with Crippen molar-refractivity contribution in [2.24, 2.45) is 5.92 Å². The number of carbonyl (C=O) groups excluding carboxylic acids is 1. The first kappa shape index (κ1) is 19.6. The minimum atomic E-state index is 0.0221. The fourth-order valence-corrected chi connectivity index (χ4v) is 3.94. The molecule has 0 aliphatic heterocycles. The molecule has 2 aromatic rings. The Balaban J connectivity index is 2.12. The highest BCUT2D eigenvalue weighted by atomic mass is 32.2. The van der Waals surface area contributed by atoms with Crippen LogP contribution in [0, 0.1) is 5.92 Å². The lowest BCUT2D eigenvalue weighted by atomic mass is 10.0. The molecule has 0 heterocycles. The second-order valence-corrected chi connectivity index (χ2v) is 8.17. The number of hydrogen-bond donors (Lipinski definition) is 1. The van der Waals surface area contributed by atoms with E-state index in [2.05, 4.69) is 57.3 Å². The van der Waals surface area contributed by atoms with Crippen LogP contribution in [0.4, 0.5) is 0 Å². The van der Waals surface area contributed by atoms with Gasteiger partial charge in [0.25, 0.3) is 5.91 Å². The maximum Gasteiger partial charge on any atom is 0.252 e. The summed E-state index contributed by atoms with van der Waals surface area (Å²) >= 11 is 1.68. The van der Waals surface area contributed by atoms with Gasteiger partial charge in [0.2, 0.25) is 0 Å². The smallest absolute Gasteiger partial charge is 0.252 e. The molecule has 0 unspecified atom stereocenters. The topological polar surface area (TPSA) is 29.1 Å². The van der Waals surface area contributed by atoms with E-state index in [4.69, 9.17) is 0 Å². The Bertz CT molecular complexity index is 694. The Hall–Kier alpha value is -1.74. The van der Waals surface area contributed by atoms with Gasteiger partial charge >= 0.3 is 0 Å². The minimum absolute atomic E-state index is 0.0221. The van der Waals surface area contributed by atoms with Gasteiger partial charge in [-0.15, -0.1) is 0 Å². The van der Waals surface area contributed by atoms with Crippen molar-refractivity contribution in [2.45, 2.75) is 56.2 Å². The van der Waals surface area contributed by atoms with Crippen LogP contribution in [0.15, 0.2) is 58.3 Å². The summed E-state index contributed by atoms with van der Waals surface area (Å²) in [7, 11) is 0. The SMILES string of the molecule is CC(C)CCCNC(=O)c1ccccc1Sc1ccccc1C(C)C. The Morgan fingerprint density at radius 2 is 1.60 bits per heavy atom. The molecule has 0 fully saturated rings. The van der Waals surface area contributed by atoms with Crippen molar-refractivity contribution in [1.29, 1.82) is 0 Å². The van der Waals surface area contributed by atoms with Crippen molar-refractivity contribution in [3.05, 3.63) is 59.7 Å². The van der Waals surface area contributed by atoms with Crippen molar-refractivity contribution in [3.8, 4) is 0 Å². The van der Waals surface area contributed by atoms with E-state index in [-0.39, 0.29) is 5.91 Å². The first-order chi connectivity index (χ1) is 12.0. The van der Waals surface area contributed by atoms with Crippen LogP contribution in [0.5, 0.6) is 0 Å². The third kappa shape index (κ3) is 5.93. The van der Waals surface area contributed by atoms with Crippen molar-refractivity contribution in [1.82, 2.24) is 5.32 Å². The van der Waals surface area contributed by atoms with Gasteiger partial charge in [0.15, 0.2) is 0 Å². The molecular weight excluding hydrogens is 326 g/mol. The normalized spacial score (nSPS) is 11.1. The van der Waals surface area contributed by atoms with Gasteiger partial charge in [-0.25, -0.2) is 0 Å². The number of carbonyl (C=O) groups is 1. The van der Waals surface area contributed by atoms with Gasteiger partial charge in [-0.05, 0) is 48.4 Å². The molecule has 0 aromatic heterocycles. The Morgan fingerprint density at radius 3 is 2.28 bits per heavy atom. The standard InChI is InChI=1S/C22H29NOS/c1-16(2)10-9-15-23-22(24)19-12-6-8-14-21(19)25-20-13-7-5-11-18(20)17(3)4/h5-8,11-14,16-17H,9-10,15H2,1-4H3,(H,23,24). The lowest BCUT2D eigenvalue weighted by Crippen LogP contribution is -2.25. The molecule has 25 heavy (non-hydrogen) atoms. The second-order valence-electron chi connectivity index (χ2n) is 7.08. The summed E-state index contributed by atoms with van der Waals surface area (Å²) in [6.07, 6.45) is 2.16. The van der Waals surface area contributed by atoms with E-state index in [1.165, 1.54) is 10.5 Å². The number of nitrogens with one attached hydrogen (secondary N) is 1. The number of benzene rings is 2. The molecule has 0 radical (unpaired) electrons. The fourth-order valence-electron chi connectivity index (χ4n) is 2.72. The zero-order valence-electron chi connectivity index (χ0n) is 15.7. The average molecular weight is 356 g/mol. The molecule has 0 aliphatic rings. The molecule has 1 amide bonds. The van der Waals surface area contributed by atoms with E-state index in [1.54, 1.807) is 11.8 Å². The Labute approximate surface area is 156 Å². The van der Waals surface area contributed by atoms with Crippen LogP contribution in [0.3, 0.4) is 0 Å². The molecule has 0 atom stereocenters. The molecule has 0 spiro atoms. The zero-order valence-corrected chi connectivity index (χ0v) is 16.5. The summed E-state index contributed by atoms with van der Waals surface area (Å²) < 4.78 is 0. The molecule has 0 saturated carbocycles. The monoisotopic (exact) mass is 355 g/mol. The Kier molecular flexibility index (Phi) is 7.57.